The zero-order valence-electron chi connectivity index (χ0n) is 14.5. The molecule has 122 valence electrons. The number of hydrogen-bond acceptors (Lipinski definition) is 2. The number of hydrogen-bond donors (Lipinski definition) is 0. The fourth-order valence-corrected chi connectivity index (χ4v) is 3.68. The van der Waals surface area contributed by atoms with Crippen molar-refractivity contribution in [3.05, 3.63) is 48.0 Å². The SMILES string of the molecule is CC(C)[C@@H]1CN(C(=O)c2ccc3ccccc3c2)C[C@H]1N(C)C. The molecule has 1 aliphatic heterocycles. The smallest absolute Gasteiger partial charge is 0.253 e. The van der Waals surface area contributed by atoms with Crippen LogP contribution < -0.4 is 0 Å². The monoisotopic (exact) mass is 310 g/mol. The molecule has 2 atom stereocenters. The summed E-state index contributed by atoms with van der Waals surface area (Å²) in [6, 6.07) is 14.7. The maximum atomic E-state index is 12.9. The van der Waals surface area contributed by atoms with Crippen molar-refractivity contribution in [1.82, 2.24) is 9.80 Å². The van der Waals surface area contributed by atoms with E-state index in [1.807, 2.05) is 35.2 Å². The van der Waals surface area contributed by atoms with E-state index in [4.69, 9.17) is 0 Å². The number of carbonyl (C=O) groups excluding carboxylic acids is 1. The third-order valence-electron chi connectivity index (χ3n) is 5.14. The average Bonchev–Trinajstić information content (AvgIpc) is 2.99. The maximum absolute atomic E-state index is 12.9. The molecule has 23 heavy (non-hydrogen) atoms. The molecular weight excluding hydrogens is 284 g/mol. The molecule has 1 aliphatic rings. The Bertz CT molecular complexity index is 692. The van der Waals surface area contributed by atoms with Gasteiger partial charge in [0, 0.05) is 24.7 Å². The Hall–Kier alpha value is -1.87. The van der Waals surface area contributed by atoms with Crippen molar-refractivity contribution in [2.24, 2.45) is 11.8 Å². The highest BCUT2D eigenvalue weighted by Gasteiger charge is 2.38. The molecule has 0 spiro atoms. The van der Waals surface area contributed by atoms with Crippen LogP contribution >= 0.6 is 0 Å². The van der Waals surface area contributed by atoms with Crippen LogP contribution in [0, 0.1) is 11.8 Å². The minimum Gasteiger partial charge on any atom is -0.337 e. The molecule has 0 saturated carbocycles. The van der Waals surface area contributed by atoms with Crippen molar-refractivity contribution in [1.29, 1.82) is 0 Å². The van der Waals surface area contributed by atoms with E-state index in [2.05, 4.69) is 45.0 Å². The molecule has 3 heteroatoms. The molecule has 1 heterocycles. The van der Waals surface area contributed by atoms with Gasteiger partial charge in [0.2, 0.25) is 0 Å². The molecule has 0 bridgehead atoms. The van der Waals surface area contributed by atoms with E-state index in [1.54, 1.807) is 0 Å². The first-order chi connectivity index (χ1) is 11.0. The fourth-order valence-electron chi connectivity index (χ4n) is 3.68. The van der Waals surface area contributed by atoms with E-state index in [0.717, 1.165) is 24.0 Å². The number of carbonyl (C=O) groups is 1. The lowest BCUT2D eigenvalue weighted by molar-refractivity contribution is 0.0780. The Balaban J connectivity index is 1.84. The van der Waals surface area contributed by atoms with Gasteiger partial charge in [-0.15, -0.1) is 0 Å². The first kappa shape index (κ1) is 16.0. The Morgan fingerprint density at radius 2 is 1.78 bits per heavy atom. The van der Waals surface area contributed by atoms with Crippen molar-refractivity contribution in [2.75, 3.05) is 27.2 Å². The second kappa shape index (κ2) is 6.32. The van der Waals surface area contributed by atoms with Gasteiger partial charge in [-0.05, 0) is 48.8 Å². The van der Waals surface area contributed by atoms with Gasteiger partial charge in [0.1, 0.15) is 0 Å². The number of rotatable bonds is 3. The highest BCUT2D eigenvalue weighted by Crippen LogP contribution is 2.28. The minimum absolute atomic E-state index is 0.158. The first-order valence-electron chi connectivity index (χ1n) is 8.42. The molecule has 1 fully saturated rings. The number of nitrogens with zero attached hydrogens (tertiary/aromatic N) is 2. The van der Waals surface area contributed by atoms with E-state index in [0.29, 0.717) is 17.9 Å². The molecule has 2 aromatic rings. The van der Waals surface area contributed by atoms with Crippen LogP contribution in [0.2, 0.25) is 0 Å². The van der Waals surface area contributed by atoms with E-state index < -0.39 is 0 Å². The van der Waals surface area contributed by atoms with Crippen molar-refractivity contribution in [2.45, 2.75) is 19.9 Å². The molecule has 1 saturated heterocycles. The van der Waals surface area contributed by atoms with E-state index >= 15 is 0 Å². The lowest BCUT2D eigenvalue weighted by atomic mass is 9.91. The Kier molecular flexibility index (Phi) is 4.40. The number of benzene rings is 2. The predicted octanol–water partition coefficient (Wildman–Crippen LogP) is 3.50. The molecule has 0 N–H and O–H groups in total. The summed E-state index contributed by atoms with van der Waals surface area (Å²) in [7, 11) is 4.23. The van der Waals surface area contributed by atoms with Crippen LogP contribution in [0.25, 0.3) is 10.8 Å². The Morgan fingerprint density at radius 3 is 2.39 bits per heavy atom. The van der Waals surface area contributed by atoms with E-state index in [-0.39, 0.29) is 5.91 Å². The molecule has 3 nitrogen and oxygen atoms in total. The third-order valence-corrected chi connectivity index (χ3v) is 5.14. The zero-order chi connectivity index (χ0) is 16.6. The summed E-state index contributed by atoms with van der Waals surface area (Å²) >= 11 is 0. The first-order valence-corrected chi connectivity index (χ1v) is 8.42. The van der Waals surface area contributed by atoms with Crippen molar-refractivity contribution >= 4 is 16.7 Å². The predicted molar refractivity (Wildman–Crippen MR) is 95.7 cm³/mol. The van der Waals surface area contributed by atoms with Crippen LogP contribution in [-0.2, 0) is 0 Å². The maximum Gasteiger partial charge on any atom is 0.253 e. The van der Waals surface area contributed by atoms with Gasteiger partial charge in [-0.2, -0.15) is 0 Å². The van der Waals surface area contributed by atoms with Crippen LogP contribution in [0.15, 0.2) is 42.5 Å². The number of likely N-dealkylation sites (N-methyl/N-ethyl adjacent to an activating group) is 1. The highest BCUT2D eigenvalue weighted by molar-refractivity contribution is 5.98. The van der Waals surface area contributed by atoms with E-state index in [9.17, 15) is 4.79 Å². The van der Waals surface area contributed by atoms with Gasteiger partial charge in [-0.3, -0.25) is 4.79 Å². The quantitative estimate of drug-likeness (QED) is 0.866. The second-order valence-corrected chi connectivity index (χ2v) is 7.21. The Labute approximate surface area is 138 Å². The topological polar surface area (TPSA) is 23.6 Å². The summed E-state index contributed by atoms with van der Waals surface area (Å²) < 4.78 is 0. The zero-order valence-corrected chi connectivity index (χ0v) is 14.5. The molecule has 2 aromatic carbocycles. The van der Waals surface area contributed by atoms with Crippen LogP contribution in [0.5, 0.6) is 0 Å². The fraction of sp³-hybridized carbons (Fsp3) is 0.450. The van der Waals surface area contributed by atoms with Crippen LogP contribution in [-0.4, -0.2) is 48.9 Å². The summed E-state index contributed by atoms with van der Waals surface area (Å²) in [6.07, 6.45) is 0. The Morgan fingerprint density at radius 1 is 1.09 bits per heavy atom. The highest BCUT2D eigenvalue weighted by atomic mass is 16.2. The summed E-state index contributed by atoms with van der Waals surface area (Å²) in [5.41, 5.74) is 0.797. The third kappa shape index (κ3) is 3.11. The lowest BCUT2D eigenvalue weighted by Crippen LogP contribution is -2.37. The van der Waals surface area contributed by atoms with Crippen molar-refractivity contribution in [3.8, 4) is 0 Å². The van der Waals surface area contributed by atoms with Crippen molar-refractivity contribution in [3.63, 3.8) is 0 Å². The summed E-state index contributed by atoms with van der Waals surface area (Å²) in [5.74, 6) is 1.27. The van der Waals surface area contributed by atoms with Gasteiger partial charge < -0.3 is 9.80 Å². The molecule has 1 amide bonds. The molecular formula is C20H26N2O. The van der Waals surface area contributed by atoms with Crippen molar-refractivity contribution < 1.29 is 4.79 Å². The molecule has 3 rings (SSSR count). The summed E-state index contributed by atoms with van der Waals surface area (Å²) in [6.45, 7) is 6.18. The lowest BCUT2D eigenvalue weighted by Gasteiger charge is -2.27. The average molecular weight is 310 g/mol. The number of fused-ring (bicyclic) bond motifs is 1. The largest absolute Gasteiger partial charge is 0.337 e. The number of amides is 1. The summed E-state index contributed by atoms with van der Waals surface area (Å²) in [4.78, 5) is 17.2. The standard InChI is InChI=1S/C20H26N2O/c1-14(2)18-12-22(13-19(18)21(3)4)20(23)17-10-9-15-7-5-6-8-16(15)11-17/h5-11,14,18-19H,12-13H2,1-4H3/t18-,19+/m0/s1. The van der Waals surface area contributed by atoms with Gasteiger partial charge in [-0.1, -0.05) is 44.2 Å². The minimum atomic E-state index is 0.158. The van der Waals surface area contributed by atoms with Gasteiger partial charge >= 0.3 is 0 Å². The normalized spacial score (nSPS) is 21.6. The van der Waals surface area contributed by atoms with E-state index in [1.165, 1.54) is 5.39 Å². The molecule has 0 unspecified atom stereocenters. The van der Waals surface area contributed by atoms with Crippen LogP contribution in [0.3, 0.4) is 0 Å². The number of likely N-dealkylation sites (tertiary alicyclic amines) is 1. The van der Waals surface area contributed by atoms with Gasteiger partial charge in [0.15, 0.2) is 0 Å². The van der Waals surface area contributed by atoms with Crippen LogP contribution in [0.1, 0.15) is 24.2 Å². The molecule has 0 aliphatic carbocycles. The van der Waals surface area contributed by atoms with Gasteiger partial charge in [0.05, 0.1) is 0 Å². The van der Waals surface area contributed by atoms with Crippen LogP contribution in [0.4, 0.5) is 0 Å². The summed E-state index contributed by atoms with van der Waals surface area (Å²) in [5, 5.41) is 2.30. The van der Waals surface area contributed by atoms with Gasteiger partial charge in [-0.25, -0.2) is 0 Å². The van der Waals surface area contributed by atoms with Gasteiger partial charge in [0.25, 0.3) is 5.91 Å². The molecule has 0 radical (unpaired) electrons. The molecule has 0 aromatic heterocycles. The second-order valence-electron chi connectivity index (χ2n) is 7.21.